The van der Waals surface area contributed by atoms with Crippen molar-refractivity contribution in [2.45, 2.75) is 128 Å². The molecule has 0 radical (unpaired) electrons. The van der Waals surface area contributed by atoms with Crippen LogP contribution in [0.15, 0.2) is 0 Å². The van der Waals surface area contributed by atoms with Crippen LogP contribution in [0.2, 0.25) is 0 Å². The second-order valence-electron chi connectivity index (χ2n) is 7.48. The van der Waals surface area contributed by atoms with E-state index in [-0.39, 0.29) is 6.10 Å². The van der Waals surface area contributed by atoms with Gasteiger partial charge in [0.1, 0.15) is 0 Å². The van der Waals surface area contributed by atoms with Crippen LogP contribution in [0.1, 0.15) is 117 Å². The molecular weight excluding hydrogens is 336 g/mol. The van der Waals surface area contributed by atoms with Crippen molar-refractivity contribution in [2.24, 2.45) is 0 Å². The summed E-state index contributed by atoms with van der Waals surface area (Å²) >= 11 is 0. The zero-order chi connectivity index (χ0) is 19.0. The molecule has 0 aliphatic carbocycles. The quantitative estimate of drug-likeness (QED) is 0.230. The summed E-state index contributed by atoms with van der Waals surface area (Å²) in [6.07, 6.45) is 15.7. The minimum absolute atomic E-state index is 0.161. The van der Waals surface area contributed by atoms with Gasteiger partial charge in [0, 0.05) is 0 Å². The molecule has 0 heterocycles. The van der Waals surface area contributed by atoms with Crippen LogP contribution in [0.5, 0.6) is 0 Å². The summed E-state index contributed by atoms with van der Waals surface area (Å²) in [6, 6.07) is 0. The highest BCUT2D eigenvalue weighted by Gasteiger charge is 2.21. The molecule has 0 fully saturated rings. The Labute approximate surface area is 156 Å². The number of hydrogen-bond acceptors (Lipinski definition) is 3. The zero-order valence-corrected chi connectivity index (χ0v) is 17.4. The lowest BCUT2D eigenvalue weighted by Gasteiger charge is -2.14. The first kappa shape index (κ1) is 24.9. The molecule has 0 spiro atoms. The van der Waals surface area contributed by atoms with Gasteiger partial charge >= 0.3 is 0 Å². The molecule has 2 unspecified atom stereocenters. The first-order valence-corrected chi connectivity index (χ1v) is 12.1. The normalized spacial score (nSPS) is 14.6. The molecule has 2 N–H and O–H groups in total. The Hall–Kier alpha value is -0.130. The van der Waals surface area contributed by atoms with Crippen molar-refractivity contribution in [1.82, 2.24) is 0 Å². The number of aliphatic hydroxyl groups excluding tert-OH is 1. The first-order chi connectivity index (χ1) is 11.9. The van der Waals surface area contributed by atoms with Crippen molar-refractivity contribution in [2.75, 3.05) is 0 Å². The van der Waals surface area contributed by atoms with Gasteiger partial charge in [0.25, 0.3) is 10.1 Å². The van der Waals surface area contributed by atoms with E-state index >= 15 is 0 Å². The van der Waals surface area contributed by atoms with Crippen molar-refractivity contribution in [1.29, 1.82) is 0 Å². The summed E-state index contributed by atoms with van der Waals surface area (Å²) in [7, 11) is -3.91. The molecule has 4 nitrogen and oxygen atoms in total. The molecule has 25 heavy (non-hydrogen) atoms. The van der Waals surface area contributed by atoms with E-state index in [9.17, 15) is 18.1 Å². The fourth-order valence-electron chi connectivity index (χ4n) is 3.35. The average Bonchev–Trinajstić information content (AvgIpc) is 2.54. The number of aliphatic hydroxyl groups is 1. The fourth-order valence-corrected chi connectivity index (χ4v) is 4.28. The Kier molecular flexibility index (Phi) is 16.0. The summed E-state index contributed by atoms with van der Waals surface area (Å²) in [4.78, 5) is 0. The van der Waals surface area contributed by atoms with Gasteiger partial charge < -0.3 is 5.11 Å². The van der Waals surface area contributed by atoms with Gasteiger partial charge in [0.05, 0.1) is 11.4 Å². The Morgan fingerprint density at radius 3 is 1.52 bits per heavy atom. The maximum absolute atomic E-state index is 11.5. The predicted octanol–water partition coefficient (Wildman–Crippen LogP) is 5.89. The minimum atomic E-state index is -3.91. The molecule has 0 saturated heterocycles. The third kappa shape index (κ3) is 15.8. The van der Waals surface area contributed by atoms with E-state index in [4.69, 9.17) is 0 Å². The Bertz CT molecular complexity index is 381. The van der Waals surface area contributed by atoms with Gasteiger partial charge in [0.15, 0.2) is 0 Å². The summed E-state index contributed by atoms with van der Waals surface area (Å²) in [5.74, 6) is 0. The smallest absolute Gasteiger partial charge is 0.267 e. The monoisotopic (exact) mass is 378 g/mol. The predicted molar refractivity (Wildman–Crippen MR) is 107 cm³/mol. The number of rotatable bonds is 18. The minimum Gasteiger partial charge on any atom is -0.393 e. The molecule has 0 aliphatic rings. The lowest BCUT2D eigenvalue weighted by molar-refractivity contribution is 0.150. The molecule has 0 amide bonds. The summed E-state index contributed by atoms with van der Waals surface area (Å²) in [5, 5.41) is 9.09. The van der Waals surface area contributed by atoms with E-state index < -0.39 is 15.4 Å². The van der Waals surface area contributed by atoms with E-state index in [1.54, 1.807) is 0 Å². The van der Waals surface area contributed by atoms with E-state index in [1.807, 2.05) is 0 Å². The maximum atomic E-state index is 11.5. The Balaban J connectivity index is 3.76. The second kappa shape index (κ2) is 16.1. The van der Waals surface area contributed by atoms with Gasteiger partial charge in [-0.1, -0.05) is 90.9 Å². The molecule has 0 bridgehead atoms. The largest absolute Gasteiger partial charge is 0.393 e. The molecule has 0 aromatic carbocycles. The van der Waals surface area contributed by atoms with Crippen LogP contribution in [0.3, 0.4) is 0 Å². The van der Waals surface area contributed by atoms with Crippen molar-refractivity contribution >= 4 is 10.1 Å². The van der Waals surface area contributed by atoms with E-state index in [2.05, 4.69) is 13.8 Å². The van der Waals surface area contributed by atoms with Crippen molar-refractivity contribution < 1.29 is 18.1 Å². The highest BCUT2D eigenvalue weighted by Crippen LogP contribution is 2.19. The third-order valence-corrected chi connectivity index (χ3v) is 6.30. The summed E-state index contributed by atoms with van der Waals surface area (Å²) < 4.78 is 32.5. The third-order valence-electron chi connectivity index (χ3n) is 4.99. The van der Waals surface area contributed by atoms with E-state index in [1.165, 1.54) is 19.3 Å². The van der Waals surface area contributed by atoms with Crippen LogP contribution >= 0.6 is 0 Å². The zero-order valence-electron chi connectivity index (χ0n) is 16.6. The van der Waals surface area contributed by atoms with Gasteiger partial charge in [-0.05, 0) is 25.7 Å². The van der Waals surface area contributed by atoms with Gasteiger partial charge in [-0.3, -0.25) is 4.55 Å². The molecule has 2 atom stereocenters. The van der Waals surface area contributed by atoms with E-state index in [0.29, 0.717) is 12.8 Å². The highest BCUT2D eigenvalue weighted by molar-refractivity contribution is 7.86. The molecule has 0 aliphatic heterocycles. The van der Waals surface area contributed by atoms with Crippen LogP contribution in [0.25, 0.3) is 0 Å². The molecule has 0 aromatic heterocycles. The van der Waals surface area contributed by atoms with Crippen molar-refractivity contribution in [3.63, 3.8) is 0 Å². The lowest BCUT2D eigenvalue weighted by atomic mass is 10.0. The standard InChI is InChI=1S/C20H42O4S/c1-3-5-6-7-10-13-17-20(25(22,23)24)18-14-11-8-9-12-16-19(21)15-4-2/h19-21H,3-18H2,1-2H3,(H,22,23,24). The van der Waals surface area contributed by atoms with Gasteiger partial charge in [-0.25, -0.2) is 0 Å². The van der Waals surface area contributed by atoms with Gasteiger partial charge in [0.2, 0.25) is 0 Å². The second-order valence-corrected chi connectivity index (χ2v) is 9.18. The maximum Gasteiger partial charge on any atom is 0.267 e. The molecular formula is C20H42O4S. The topological polar surface area (TPSA) is 74.6 Å². The van der Waals surface area contributed by atoms with Crippen LogP contribution in [-0.2, 0) is 10.1 Å². The SMILES string of the molecule is CCCCCCCCC(CCCCCCCC(O)CCC)S(=O)(=O)O. The van der Waals surface area contributed by atoms with Crippen LogP contribution in [0.4, 0.5) is 0 Å². The molecule has 0 rings (SSSR count). The molecule has 152 valence electrons. The number of unbranched alkanes of at least 4 members (excludes halogenated alkanes) is 9. The summed E-state index contributed by atoms with van der Waals surface area (Å²) in [6.45, 7) is 4.27. The summed E-state index contributed by atoms with van der Waals surface area (Å²) in [5.41, 5.74) is 0. The molecule has 0 saturated carbocycles. The van der Waals surface area contributed by atoms with Crippen LogP contribution < -0.4 is 0 Å². The van der Waals surface area contributed by atoms with Crippen molar-refractivity contribution in [3.8, 4) is 0 Å². The average molecular weight is 379 g/mol. The van der Waals surface area contributed by atoms with Crippen LogP contribution in [0, 0.1) is 0 Å². The van der Waals surface area contributed by atoms with Gasteiger partial charge in [-0.2, -0.15) is 8.42 Å². The number of hydrogen-bond donors (Lipinski definition) is 2. The van der Waals surface area contributed by atoms with Gasteiger partial charge in [-0.15, -0.1) is 0 Å². The van der Waals surface area contributed by atoms with Crippen molar-refractivity contribution in [3.05, 3.63) is 0 Å². The fraction of sp³-hybridized carbons (Fsp3) is 1.00. The first-order valence-electron chi connectivity index (χ1n) is 10.6. The van der Waals surface area contributed by atoms with Crippen LogP contribution in [-0.4, -0.2) is 29.4 Å². The molecule has 5 heteroatoms. The Morgan fingerprint density at radius 2 is 1.08 bits per heavy atom. The lowest BCUT2D eigenvalue weighted by Crippen LogP contribution is -2.20. The highest BCUT2D eigenvalue weighted by atomic mass is 32.2. The molecule has 0 aromatic rings. The Morgan fingerprint density at radius 1 is 0.640 bits per heavy atom. The van der Waals surface area contributed by atoms with E-state index in [0.717, 1.165) is 70.6 Å².